The fourth-order valence-electron chi connectivity index (χ4n) is 1.36. The van der Waals surface area contributed by atoms with E-state index in [4.69, 9.17) is 4.74 Å². The molecular weight excluding hydrogens is 287 g/mol. The van der Waals surface area contributed by atoms with Gasteiger partial charge in [-0.15, -0.1) is 0 Å². The van der Waals surface area contributed by atoms with E-state index in [1.807, 2.05) is 0 Å². The highest BCUT2D eigenvalue weighted by Gasteiger charge is 2.42. The number of carbonyl (C=O) groups excluding carboxylic acids is 2. The number of halogens is 3. The molecule has 4 nitrogen and oxygen atoms in total. The zero-order valence-electron chi connectivity index (χ0n) is 12.5. The summed E-state index contributed by atoms with van der Waals surface area (Å²) in [5, 5.41) is 1.66. The fourth-order valence-corrected chi connectivity index (χ4v) is 1.36. The molecule has 0 aromatic heterocycles. The number of esters is 1. The molecule has 120 valence electrons. The van der Waals surface area contributed by atoms with Gasteiger partial charge in [0.05, 0.1) is 0 Å². The molecule has 0 rings (SSSR count). The summed E-state index contributed by atoms with van der Waals surface area (Å²) >= 11 is 0. The van der Waals surface area contributed by atoms with Crippen molar-refractivity contribution in [3.8, 4) is 0 Å². The second-order valence-corrected chi connectivity index (χ2v) is 5.46. The molecule has 21 heavy (non-hydrogen) atoms. The number of carbonyl (C=O) groups is 2. The van der Waals surface area contributed by atoms with Crippen molar-refractivity contribution < 1.29 is 27.5 Å². The highest BCUT2D eigenvalue weighted by molar-refractivity contribution is 5.88. The summed E-state index contributed by atoms with van der Waals surface area (Å²) in [4.78, 5) is 23.0. The molecule has 0 saturated carbocycles. The van der Waals surface area contributed by atoms with Crippen LogP contribution in [-0.4, -0.2) is 29.7 Å². The predicted octanol–water partition coefficient (Wildman–Crippen LogP) is 2.75. The molecule has 0 unspecified atom stereocenters. The Morgan fingerprint density at radius 2 is 1.76 bits per heavy atom. The van der Waals surface area contributed by atoms with Crippen LogP contribution < -0.4 is 5.32 Å². The van der Waals surface area contributed by atoms with E-state index < -0.39 is 35.6 Å². The molecule has 1 amide bonds. The molecule has 0 aromatic carbocycles. The highest BCUT2D eigenvalue weighted by Crippen LogP contribution is 2.18. The van der Waals surface area contributed by atoms with Crippen LogP contribution in [0.15, 0.2) is 24.8 Å². The Morgan fingerprint density at radius 3 is 2.14 bits per heavy atom. The largest absolute Gasteiger partial charge is 0.471 e. The van der Waals surface area contributed by atoms with Crippen molar-refractivity contribution in [2.45, 2.75) is 45.5 Å². The van der Waals surface area contributed by atoms with Crippen LogP contribution >= 0.6 is 0 Å². The smallest absolute Gasteiger partial charge is 0.458 e. The van der Waals surface area contributed by atoms with Gasteiger partial charge in [-0.2, -0.15) is 13.2 Å². The van der Waals surface area contributed by atoms with E-state index >= 15 is 0 Å². The second kappa shape index (κ2) is 7.28. The molecule has 2 atom stereocenters. The Hall–Kier alpha value is -1.79. The SMILES string of the molecule is C=C/C=C/[C@H](C)[C@H](NC(=O)C(F)(F)F)C(=O)OC(C)(C)C. The first-order valence-corrected chi connectivity index (χ1v) is 6.28. The van der Waals surface area contributed by atoms with Crippen LogP contribution in [0.4, 0.5) is 13.2 Å². The molecule has 0 aliphatic rings. The molecular formula is C14H20F3NO3. The van der Waals surface area contributed by atoms with Gasteiger partial charge in [-0.25, -0.2) is 4.79 Å². The number of alkyl halides is 3. The van der Waals surface area contributed by atoms with Gasteiger partial charge in [-0.3, -0.25) is 4.79 Å². The van der Waals surface area contributed by atoms with Crippen molar-refractivity contribution >= 4 is 11.9 Å². The van der Waals surface area contributed by atoms with Gasteiger partial charge in [-0.05, 0) is 20.8 Å². The summed E-state index contributed by atoms with van der Waals surface area (Å²) in [5.74, 6) is -3.80. The third kappa shape index (κ3) is 7.53. The Kier molecular flexibility index (Phi) is 6.66. The molecule has 0 heterocycles. The average Bonchev–Trinajstić information content (AvgIpc) is 2.28. The van der Waals surface area contributed by atoms with Crippen LogP contribution in [0.2, 0.25) is 0 Å². The van der Waals surface area contributed by atoms with Crippen molar-refractivity contribution in [2.24, 2.45) is 5.92 Å². The van der Waals surface area contributed by atoms with Gasteiger partial charge < -0.3 is 10.1 Å². The fraction of sp³-hybridized carbons (Fsp3) is 0.571. The van der Waals surface area contributed by atoms with Gasteiger partial charge in [0.2, 0.25) is 0 Å². The first kappa shape index (κ1) is 19.2. The molecule has 0 spiro atoms. The quantitative estimate of drug-likeness (QED) is 0.627. The standard InChI is InChI=1S/C14H20F3NO3/c1-6-7-8-9(2)10(11(19)21-13(3,4)5)18-12(20)14(15,16)17/h6-10H,1H2,2-5H3,(H,18,20)/b8-7+/t9-,10-/m0/s1. The van der Waals surface area contributed by atoms with Crippen LogP contribution in [-0.2, 0) is 14.3 Å². The average molecular weight is 307 g/mol. The number of hydrogen-bond acceptors (Lipinski definition) is 3. The van der Waals surface area contributed by atoms with Gasteiger partial charge in [0, 0.05) is 5.92 Å². The second-order valence-electron chi connectivity index (χ2n) is 5.46. The zero-order valence-corrected chi connectivity index (χ0v) is 12.5. The normalized spacial score (nSPS) is 15.4. The summed E-state index contributed by atoms with van der Waals surface area (Å²) in [6.45, 7) is 9.66. The summed E-state index contributed by atoms with van der Waals surface area (Å²) < 4.78 is 42.0. The minimum atomic E-state index is -5.07. The first-order valence-electron chi connectivity index (χ1n) is 6.28. The number of amides is 1. The third-order valence-electron chi connectivity index (χ3n) is 2.28. The molecule has 0 aromatic rings. The minimum absolute atomic E-state index is 0.691. The topological polar surface area (TPSA) is 55.4 Å². The van der Waals surface area contributed by atoms with Crippen molar-refractivity contribution in [1.29, 1.82) is 0 Å². The Labute approximate surface area is 122 Å². The molecule has 1 N–H and O–H groups in total. The van der Waals surface area contributed by atoms with E-state index in [2.05, 4.69) is 6.58 Å². The highest BCUT2D eigenvalue weighted by atomic mass is 19.4. The van der Waals surface area contributed by atoms with Gasteiger partial charge in [0.25, 0.3) is 0 Å². The lowest BCUT2D eigenvalue weighted by molar-refractivity contribution is -0.177. The van der Waals surface area contributed by atoms with Gasteiger partial charge in [0.15, 0.2) is 0 Å². The molecule has 0 radical (unpaired) electrons. The molecule has 0 fully saturated rings. The maximum absolute atomic E-state index is 12.3. The number of rotatable bonds is 5. The number of hydrogen-bond donors (Lipinski definition) is 1. The van der Waals surface area contributed by atoms with E-state index in [0.717, 1.165) is 0 Å². The van der Waals surface area contributed by atoms with Crippen LogP contribution in [0.1, 0.15) is 27.7 Å². The van der Waals surface area contributed by atoms with Crippen molar-refractivity contribution in [3.63, 3.8) is 0 Å². The van der Waals surface area contributed by atoms with Gasteiger partial charge in [-0.1, -0.05) is 31.7 Å². The minimum Gasteiger partial charge on any atom is -0.458 e. The number of ether oxygens (including phenoxy) is 1. The first-order chi connectivity index (χ1) is 9.38. The molecule has 0 saturated heterocycles. The third-order valence-corrected chi connectivity index (χ3v) is 2.28. The number of nitrogens with one attached hydrogen (secondary N) is 1. The summed E-state index contributed by atoms with van der Waals surface area (Å²) in [5.41, 5.74) is -0.875. The van der Waals surface area contributed by atoms with Gasteiger partial charge >= 0.3 is 18.1 Å². The van der Waals surface area contributed by atoms with E-state index in [0.29, 0.717) is 0 Å². The van der Waals surface area contributed by atoms with E-state index in [1.165, 1.54) is 25.2 Å². The van der Waals surface area contributed by atoms with Crippen LogP contribution in [0.25, 0.3) is 0 Å². The summed E-state index contributed by atoms with van der Waals surface area (Å²) in [6, 6.07) is -1.44. The Bertz CT molecular complexity index is 422. The van der Waals surface area contributed by atoms with E-state index in [9.17, 15) is 22.8 Å². The lowest BCUT2D eigenvalue weighted by atomic mass is 10.0. The van der Waals surface area contributed by atoms with E-state index in [1.54, 1.807) is 26.1 Å². The predicted molar refractivity (Wildman–Crippen MR) is 72.3 cm³/mol. The van der Waals surface area contributed by atoms with Crippen molar-refractivity contribution in [3.05, 3.63) is 24.8 Å². The Balaban J connectivity index is 5.19. The van der Waals surface area contributed by atoms with Crippen molar-refractivity contribution in [2.75, 3.05) is 0 Å². The molecule has 0 bridgehead atoms. The van der Waals surface area contributed by atoms with Crippen molar-refractivity contribution in [1.82, 2.24) is 5.32 Å². The summed E-state index contributed by atoms with van der Waals surface area (Å²) in [6.07, 6.45) is -0.726. The monoisotopic (exact) mass is 307 g/mol. The lowest BCUT2D eigenvalue weighted by Crippen LogP contribution is -2.51. The summed E-state index contributed by atoms with van der Waals surface area (Å²) in [7, 11) is 0. The van der Waals surface area contributed by atoms with Crippen LogP contribution in [0.3, 0.4) is 0 Å². The number of allylic oxidation sites excluding steroid dienone is 2. The van der Waals surface area contributed by atoms with Gasteiger partial charge in [0.1, 0.15) is 11.6 Å². The Morgan fingerprint density at radius 1 is 1.24 bits per heavy atom. The van der Waals surface area contributed by atoms with E-state index in [-0.39, 0.29) is 0 Å². The maximum atomic E-state index is 12.3. The molecule has 0 aliphatic carbocycles. The van der Waals surface area contributed by atoms with Crippen LogP contribution in [0.5, 0.6) is 0 Å². The lowest BCUT2D eigenvalue weighted by Gasteiger charge is -2.27. The van der Waals surface area contributed by atoms with Crippen LogP contribution in [0, 0.1) is 5.92 Å². The molecule has 7 heteroatoms. The zero-order chi connectivity index (χ0) is 16.8. The maximum Gasteiger partial charge on any atom is 0.471 e. The molecule has 0 aliphatic heterocycles.